The van der Waals surface area contributed by atoms with Gasteiger partial charge in [-0.2, -0.15) is 8.42 Å². The Labute approximate surface area is 288 Å². The SMILES string of the molecule is CC(C)[C@@H](CC[C@@H](C)[C@H]1CC[C@@H]2[C@]1(C)CC[C@@H]1[C@@]3(C)CC[C@H](NCCCNCCCNCCCN)C[C@@H]3C[C@@H](O)[C@]12C)OS(=O)(=O)O. The fourth-order valence-corrected chi connectivity index (χ4v) is 12.3. The lowest BCUT2D eigenvalue weighted by atomic mass is 9.38. The van der Waals surface area contributed by atoms with Crippen LogP contribution in [0.2, 0.25) is 0 Å². The van der Waals surface area contributed by atoms with Crippen LogP contribution in [0.3, 0.4) is 0 Å². The number of aliphatic hydroxyl groups excluding tert-OH is 1. The molecule has 4 rings (SSSR count). The van der Waals surface area contributed by atoms with Gasteiger partial charge in [-0.05, 0) is 169 Å². The zero-order chi connectivity index (χ0) is 34.5. The largest absolute Gasteiger partial charge is 0.397 e. The molecule has 0 aromatic heterocycles. The highest BCUT2D eigenvalue weighted by molar-refractivity contribution is 7.80. The second-order valence-electron chi connectivity index (χ2n) is 17.3. The summed E-state index contributed by atoms with van der Waals surface area (Å²) in [6.07, 6.45) is 13.5. The Morgan fingerprint density at radius 3 is 2.09 bits per heavy atom. The molecular weight excluding hydrogens is 612 g/mol. The van der Waals surface area contributed by atoms with E-state index in [1.165, 1.54) is 44.9 Å². The van der Waals surface area contributed by atoms with E-state index in [2.05, 4.69) is 43.6 Å². The maximum atomic E-state index is 12.1. The van der Waals surface area contributed by atoms with Crippen LogP contribution in [0.4, 0.5) is 0 Å². The summed E-state index contributed by atoms with van der Waals surface area (Å²) in [6.45, 7) is 19.8. The van der Waals surface area contributed by atoms with Gasteiger partial charge in [-0.1, -0.05) is 41.5 Å². The van der Waals surface area contributed by atoms with Crippen molar-refractivity contribution in [1.82, 2.24) is 16.0 Å². The van der Waals surface area contributed by atoms with E-state index in [1.807, 2.05) is 13.8 Å². The molecule has 0 aromatic rings. The average Bonchev–Trinajstić information content (AvgIpc) is 3.36. The van der Waals surface area contributed by atoms with Gasteiger partial charge in [0, 0.05) is 11.5 Å². The molecule has 0 bridgehead atoms. The fourth-order valence-electron chi connectivity index (χ4n) is 11.7. The Kier molecular flexibility index (Phi) is 14.1. The molecule has 0 heterocycles. The predicted molar refractivity (Wildman–Crippen MR) is 191 cm³/mol. The average molecular weight is 685 g/mol. The van der Waals surface area contributed by atoms with E-state index in [-0.39, 0.29) is 28.3 Å². The van der Waals surface area contributed by atoms with E-state index in [1.54, 1.807) is 0 Å². The lowest BCUT2D eigenvalue weighted by Crippen LogP contribution is -2.64. The standard InChI is InChI=1S/C37H72N4O5S/c1-26(2)31(46-47(43,44)45)12-10-27(3)30-11-13-32-36(30,5)17-15-33-35(4)16-14-29(24-28(35)25-34(42)37(32,33)6)41-23-9-22-40-21-8-20-39-19-7-18-38/h26-34,39-42H,7-25,38H2,1-6H3,(H,43,44,45)/t27-,28-,29+,30-,31-,32-,33-,34-,35+,36-,37+/m1/s1. The summed E-state index contributed by atoms with van der Waals surface area (Å²) in [5, 5.41) is 23.0. The molecule has 276 valence electrons. The molecule has 10 heteroatoms. The van der Waals surface area contributed by atoms with Crippen LogP contribution in [0.1, 0.15) is 125 Å². The third-order valence-corrected chi connectivity index (χ3v) is 14.7. The third-order valence-electron chi connectivity index (χ3n) is 14.2. The van der Waals surface area contributed by atoms with Gasteiger partial charge < -0.3 is 26.8 Å². The molecule has 4 saturated carbocycles. The van der Waals surface area contributed by atoms with Crippen molar-refractivity contribution in [2.24, 2.45) is 57.5 Å². The van der Waals surface area contributed by atoms with Crippen LogP contribution >= 0.6 is 0 Å². The number of nitrogens with one attached hydrogen (secondary N) is 3. The van der Waals surface area contributed by atoms with E-state index in [4.69, 9.17) is 9.92 Å². The normalized spacial score (nSPS) is 38.5. The van der Waals surface area contributed by atoms with Gasteiger partial charge in [-0.15, -0.1) is 0 Å². The third kappa shape index (κ3) is 9.13. The second-order valence-corrected chi connectivity index (χ2v) is 18.3. The van der Waals surface area contributed by atoms with Crippen LogP contribution < -0.4 is 21.7 Å². The van der Waals surface area contributed by atoms with Crippen molar-refractivity contribution < 1.29 is 22.3 Å². The summed E-state index contributed by atoms with van der Waals surface area (Å²) in [5.41, 5.74) is 5.95. The Hall–Kier alpha value is -0.330. The van der Waals surface area contributed by atoms with Crippen molar-refractivity contribution in [2.45, 2.75) is 143 Å². The summed E-state index contributed by atoms with van der Waals surface area (Å²) >= 11 is 0. The van der Waals surface area contributed by atoms with E-state index < -0.39 is 16.5 Å². The molecule has 11 atom stereocenters. The summed E-state index contributed by atoms with van der Waals surface area (Å²) < 4.78 is 37.3. The molecular formula is C37H72N4O5S. The summed E-state index contributed by atoms with van der Waals surface area (Å²) in [5.74, 6) is 2.62. The van der Waals surface area contributed by atoms with Gasteiger partial charge in [0.25, 0.3) is 0 Å². The van der Waals surface area contributed by atoms with Gasteiger partial charge in [0.05, 0.1) is 12.2 Å². The van der Waals surface area contributed by atoms with Crippen LogP contribution in [-0.4, -0.2) is 75.6 Å². The maximum absolute atomic E-state index is 12.1. The molecule has 7 N–H and O–H groups in total. The topological polar surface area (TPSA) is 146 Å². The first-order valence-corrected chi connectivity index (χ1v) is 20.7. The van der Waals surface area contributed by atoms with Gasteiger partial charge in [0.2, 0.25) is 0 Å². The van der Waals surface area contributed by atoms with Crippen molar-refractivity contribution in [3.05, 3.63) is 0 Å². The molecule has 9 nitrogen and oxygen atoms in total. The Balaban J connectivity index is 1.29. The lowest BCUT2D eigenvalue weighted by Gasteiger charge is -2.67. The number of nitrogens with two attached hydrogens (primary N) is 1. The summed E-state index contributed by atoms with van der Waals surface area (Å²) in [4.78, 5) is 0. The number of rotatable bonds is 19. The molecule has 0 aromatic carbocycles. The number of aliphatic hydroxyl groups is 1. The first-order chi connectivity index (χ1) is 22.2. The predicted octanol–water partition coefficient (Wildman–Crippen LogP) is 5.53. The van der Waals surface area contributed by atoms with E-state index >= 15 is 0 Å². The molecule has 4 fully saturated rings. The van der Waals surface area contributed by atoms with E-state index in [0.717, 1.165) is 71.4 Å². The van der Waals surface area contributed by atoms with Crippen LogP contribution in [0, 0.1) is 51.8 Å². The van der Waals surface area contributed by atoms with E-state index in [9.17, 15) is 18.1 Å². The number of fused-ring (bicyclic) bond motifs is 5. The zero-order valence-electron chi connectivity index (χ0n) is 30.7. The quantitative estimate of drug-likeness (QED) is 0.0764. The monoisotopic (exact) mass is 685 g/mol. The number of hydrogen-bond acceptors (Lipinski definition) is 8. The summed E-state index contributed by atoms with van der Waals surface area (Å²) in [6, 6.07) is 0.557. The van der Waals surface area contributed by atoms with Crippen LogP contribution in [0.15, 0.2) is 0 Å². The lowest BCUT2D eigenvalue weighted by molar-refractivity contribution is -0.220. The zero-order valence-corrected chi connectivity index (χ0v) is 31.6. The highest BCUT2D eigenvalue weighted by Crippen LogP contribution is 2.73. The molecule has 47 heavy (non-hydrogen) atoms. The van der Waals surface area contributed by atoms with Gasteiger partial charge >= 0.3 is 10.4 Å². The fraction of sp³-hybridized carbons (Fsp3) is 1.00. The molecule has 0 spiro atoms. The van der Waals surface area contributed by atoms with Crippen LogP contribution in [0.25, 0.3) is 0 Å². The first-order valence-electron chi connectivity index (χ1n) is 19.4. The minimum absolute atomic E-state index is 0.00785. The van der Waals surface area contributed by atoms with Gasteiger partial charge in [-0.25, -0.2) is 4.18 Å². The molecule has 0 aliphatic heterocycles. The minimum Gasteiger partial charge on any atom is -0.393 e. The van der Waals surface area contributed by atoms with Crippen molar-refractivity contribution in [3.8, 4) is 0 Å². The van der Waals surface area contributed by atoms with Gasteiger partial charge in [-0.3, -0.25) is 4.55 Å². The summed E-state index contributed by atoms with van der Waals surface area (Å²) in [7, 11) is -4.47. The van der Waals surface area contributed by atoms with Gasteiger partial charge in [0.1, 0.15) is 0 Å². The second kappa shape index (κ2) is 16.8. The molecule has 0 unspecified atom stereocenters. The van der Waals surface area contributed by atoms with Crippen molar-refractivity contribution in [2.75, 3.05) is 39.3 Å². The number of hydrogen-bond donors (Lipinski definition) is 6. The molecule has 0 radical (unpaired) electrons. The first kappa shape index (κ1) is 39.5. The van der Waals surface area contributed by atoms with Crippen molar-refractivity contribution in [3.63, 3.8) is 0 Å². The highest BCUT2D eigenvalue weighted by atomic mass is 32.3. The van der Waals surface area contributed by atoms with Gasteiger partial charge in [0.15, 0.2) is 0 Å². The molecule has 0 saturated heterocycles. The molecule has 0 amide bonds. The highest BCUT2D eigenvalue weighted by Gasteiger charge is 2.68. The molecule has 4 aliphatic rings. The van der Waals surface area contributed by atoms with Crippen LogP contribution in [0.5, 0.6) is 0 Å². The smallest absolute Gasteiger partial charge is 0.393 e. The molecule has 4 aliphatic carbocycles. The van der Waals surface area contributed by atoms with Crippen LogP contribution in [-0.2, 0) is 14.6 Å². The van der Waals surface area contributed by atoms with E-state index in [0.29, 0.717) is 42.1 Å². The van der Waals surface area contributed by atoms with Crippen molar-refractivity contribution in [1.29, 1.82) is 0 Å². The minimum atomic E-state index is -4.47. The van der Waals surface area contributed by atoms with Crippen molar-refractivity contribution >= 4 is 10.4 Å². The maximum Gasteiger partial charge on any atom is 0.397 e. The Morgan fingerprint density at radius 2 is 1.45 bits per heavy atom. The Bertz CT molecular complexity index is 1080. The Morgan fingerprint density at radius 1 is 0.830 bits per heavy atom.